The van der Waals surface area contributed by atoms with Crippen LogP contribution in [0.1, 0.15) is 30.4 Å². The Kier molecular flexibility index (Phi) is 2.95. The number of halogens is 2. The first kappa shape index (κ1) is 11.1. The molecule has 2 atom stereocenters. The fourth-order valence-electron chi connectivity index (χ4n) is 2.49. The minimum absolute atomic E-state index is 0.221. The number of benzene rings is 1. The van der Waals surface area contributed by atoms with Crippen molar-refractivity contribution in [2.24, 2.45) is 5.92 Å². The van der Waals surface area contributed by atoms with E-state index in [9.17, 15) is 8.78 Å². The van der Waals surface area contributed by atoms with Gasteiger partial charge in [-0.25, -0.2) is 0 Å². The summed E-state index contributed by atoms with van der Waals surface area (Å²) in [4.78, 5) is 0. The van der Waals surface area contributed by atoms with Crippen molar-refractivity contribution in [2.75, 3.05) is 5.73 Å². The van der Waals surface area contributed by atoms with Gasteiger partial charge in [-0.1, -0.05) is 19.1 Å². The van der Waals surface area contributed by atoms with Crippen LogP contribution in [0.5, 0.6) is 0 Å². The summed E-state index contributed by atoms with van der Waals surface area (Å²) in [6.07, 6.45) is 1.29. The molecule has 0 aliphatic heterocycles. The summed E-state index contributed by atoms with van der Waals surface area (Å²) in [6.45, 7) is 2.00. The first-order chi connectivity index (χ1) is 7.59. The van der Waals surface area contributed by atoms with Gasteiger partial charge in [0.2, 0.25) is 0 Å². The summed E-state index contributed by atoms with van der Waals surface area (Å²) in [5.41, 5.74) is 8.54. The molecule has 2 N–H and O–H groups in total. The summed E-state index contributed by atoms with van der Waals surface area (Å²) >= 11 is 0. The number of rotatable bonds is 1. The topological polar surface area (TPSA) is 26.0 Å². The molecule has 1 aromatic rings. The van der Waals surface area contributed by atoms with Crippen molar-refractivity contribution >= 4 is 5.69 Å². The van der Waals surface area contributed by atoms with Crippen LogP contribution in [0.3, 0.4) is 0 Å². The fraction of sp³-hybridized carbons (Fsp3) is 0.385. The van der Waals surface area contributed by atoms with Crippen LogP contribution in [0.25, 0.3) is 0 Å². The van der Waals surface area contributed by atoms with Crippen LogP contribution in [-0.2, 0) is 6.42 Å². The molecule has 0 bridgehead atoms. The van der Waals surface area contributed by atoms with Gasteiger partial charge in [0, 0.05) is 11.6 Å². The maximum absolute atomic E-state index is 12.4. The van der Waals surface area contributed by atoms with Crippen molar-refractivity contribution in [3.8, 4) is 0 Å². The van der Waals surface area contributed by atoms with Crippen LogP contribution >= 0.6 is 0 Å². The SMILES string of the molecule is CC1CCc2cccc(N)c2C1C=C(F)F. The highest BCUT2D eigenvalue weighted by atomic mass is 19.3. The van der Waals surface area contributed by atoms with E-state index in [0.717, 1.165) is 30.0 Å². The molecule has 2 rings (SSSR count). The first-order valence-electron chi connectivity index (χ1n) is 5.49. The standard InChI is InChI=1S/C13H15F2N/c1-8-5-6-9-3-2-4-11(16)13(9)10(8)7-12(14)15/h2-4,7-8,10H,5-6,16H2,1H3. The molecule has 0 saturated heterocycles. The third-order valence-electron chi connectivity index (χ3n) is 3.35. The van der Waals surface area contributed by atoms with E-state index < -0.39 is 6.08 Å². The van der Waals surface area contributed by atoms with Crippen molar-refractivity contribution in [1.82, 2.24) is 0 Å². The van der Waals surface area contributed by atoms with Crippen LogP contribution in [0.15, 0.2) is 30.4 Å². The molecule has 0 saturated carbocycles. The summed E-state index contributed by atoms with van der Waals surface area (Å²) < 4.78 is 24.9. The van der Waals surface area contributed by atoms with Crippen molar-refractivity contribution < 1.29 is 8.78 Å². The molecule has 0 heterocycles. The maximum atomic E-state index is 12.4. The lowest BCUT2D eigenvalue weighted by molar-refractivity contribution is 0.392. The highest BCUT2D eigenvalue weighted by molar-refractivity contribution is 5.55. The molecule has 1 aromatic carbocycles. The zero-order valence-electron chi connectivity index (χ0n) is 9.21. The number of hydrogen-bond acceptors (Lipinski definition) is 1. The van der Waals surface area contributed by atoms with Gasteiger partial charge in [-0.2, -0.15) is 8.78 Å². The lowest BCUT2D eigenvalue weighted by Crippen LogP contribution is -2.18. The third kappa shape index (κ3) is 1.94. The predicted molar refractivity (Wildman–Crippen MR) is 61.4 cm³/mol. The van der Waals surface area contributed by atoms with Crippen molar-refractivity contribution in [3.63, 3.8) is 0 Å². The van der Waals surface area contributed by atoms with Gasteiger partial charge in [-0.05, 0) is 42.0 Å². The van der Waals surface area contributed by atoms with E-state index in [1.165, 1.54) is 0 Å². The van der Waals surface area contributed by atoms with E-state index in [1.807, 2.05) is 19.1 Å². The summed E-state index contributed by atoms with van der Waals surface area (Å²) in [7, 11) is 0. The first-order valence-corrected chi connectivity index (χ1v) is 5.49. The molecule has 86 valence electrons. The van der Waals surface area contributed by atoms with Gasteiger partial charge in [0.05, 0.1) is 0 Å². The number of anilines is 1. The second kappa shape index (κ2) is 4.24. The number of hydrogen-bond donors (Lipinski definition) is 1. The summed E-state index contributed by atoms with van der Waals surface area (Å²) in [6, 6.07) is 5.65. The number of nitrogens with two attached hydrogens (primary N) is 1. The van der Waals surface area contributed by atoms with E-state index in [0.29, 0.717) is 5.69 Å². The van der Waals surface area contributed by atoms with E-state index in [2.05, 4.69) is 0 Å². The van der Waals surface area contributed by atoms with Gasteiger partial charge in [-0.15, -0.1) is 0 Å². The third-order valence-corrected chi connectivity index (χ3v) is 3.35. The molecule has 0 aromatic heterocycles. The van der Waals surface area contributed by atoms with Crippen LogP contribution in [0, 0.1) is 5.92 Å². The molecule has 1 aliphatic rings. The Morgan fingerprint density at radius 1 is 1.44 bits per heavy atom. The summed E-state index contributed by atoms with van der Waals surface area (Å²) in [5, 5.41) is 0. The molecule has 1 nitrogen and oxygen atoms in total. The minimum Gasteiger partial charge on any atom is -0.398 e. The highest BCUT2D eigenvalue weighted by Gasteiger charge is 2.27. The Morgan fingerprint density at radius 2 is 2.19 bits per heavy atom. The van der Waals surface area contributed by atoms with E-state index in [4.69, 9.17) is 5.73 Å². The Morgan fingerprint density at radius 3 is 2.88 bits per heavy atom. The number of aryl methyl sites for hydroxylation is 1. The maximum Gasteiger partial charge on any atom is 0.266 e. The molecule has 0 fully saturated rings. The Balaban J connectivity index is 2.51. The second-order valence-electron chi connectivity index (χ2n) is 4.42. The van der Waals surface area contributed by atoms with Gasteiger partial charge < -0.3 is 5.73 Å². The molecule has 16 heavy (non-hydrogen) atoms. The van der Waals surface area contributed by atoms with E-state index >= 15 is 0 Å². The number of allylic oxidation sites excluding steroid dienone is 1. The van der Waals surface area contributed by atoms with Crippen molar-refractivity contribution in [3.05, 3.63) is 41.5 Å². The van der Waals surface area contributed by atoms with Crippen molar-refractivity contribution in [1.29, 1.82) is 0 Å². The van der Waals surface area contributed by atoms with E-state index in [1.54, 1.807) is 6.07 Å². The highest BCUT2D eigenvalue weighted by Crippen LogP contribution is 2.40. The number of nitrogen functional groups attached to an aromatic ring is 1. The molecule has 0 spiro atoms. The largest absolute Gasteiger partial charge is 0.398 e. The van der Waals surface area contributed by atoms with Crippen LogP contribution in [-0.4, -0.2) is 0 Å². The molecule has 1 aliphatic carbocycles. The van der Waals surface area contributed by atoms with Gasteiger partial charge in [-0.3, -0.25) is 0 Å². The average Bonchev–Trinajstić information content (AvgIpc) is 2.22. The Labute approximate surface area is 94.0 Å². The second-order valence-corrected chi connectivity index (χ2v) is 4.42. The smallest absolute Gasteiger partial charge is 0.266 e. The zero-order chi connectivity index (χ0) is 11.7. The normalized spacial score (nSPS) is 23.7. The average molecular weight is 223 g/mol. The van der Waals surface area contributed by atoms with Gasteiger partial charge >= 0.3 is 0 Å². The molecular weight excluding hydrogens is 208 g/mol. The van der Waals surface area contributed by atoms with Gasteiger partial charge in [0.15, 0.2) is 0 Å². The number of fused-ring (bicyclic) bond motifs is 1. The van der Waals surface area contributed by atoms with Crippen LogP contribution in [0.2, 0.25) is 0 Å². The quantitative estimate of drug-likeness (QED) is 0.721. The lowest BCUT2D eigenvalue weighted by atomic mass is 9.75. The zero-order valence-corrected chi connectivity index (χ0v) is 9.21. The predicted octanol–water partition coefficient (Wildman–Crippen LogP) is 3.72. The molecule has 0 radical (unpaired) electrons. The lowest BCUT2D eigenvalue weighted by Gasteiger charge is -2.30. The van der Waals surface area contributed by atoms with E-state index in [-0.39, 0.29) is 11.8 Å². The van der Waals surface area contributed by atoms with Crippen molar-refractivity contribution in [2.45, 2.75) is 25.7 Å². The van der Waals surface area contributed by atoms with Crippen LogP contribution in [0.4, 0.5) is 14.5 Å². The Bertz CT molecular complexity index is 422. The molecule has 2 unspecified atom stereocenters. The minimum atomic E-state index is -1.62. The fourth-order valence-corrected chi connectivity index (χ4v) is 2.49. The monoisotopic (exact) mass is 223 g/mol. The molecule has 0 amide bonds. The summed E-state index contributed by atoms with van der Waals surface area (Å²) in [5.74, 6) is -0.0198. The van der Waals surface area contributed by atoms with Crippen LogP contribution < -0.4 is 5.73 Å². The molecule has 3 heteroatoms. The van der Waals surface area contributed by atoms with Gasteiger partial charge in [0.25, 0.3) is 6.08 Å². The Hall–Kier alpha value is -1.38. The molecular formula is C13H15F2N. The van der Waals surface area contributed by atoms with Gasteiger partial charge in [0.1, 0.15) is 0 Å².